The number of hydrogen-bond donors (Lipinski definition) is 2. The standard InChI is InChI=1S/C29H31N3O/c1-21-6-10-23(11-7-21)27-17-29-28(16-26(27)24-12-8-22(18-31)9-13-24)25(20-33-29)19-32-15-5-3-2-4-14-30/h6-13,16-17,20,32H,2-5,14-15,19,30H2,1H3. The van der Waals surface area contributed by atoms with Gasteiger partial charge in [0.15, 0.2) is 0 Å². The lowest BCUT2D eigenvalue weighted by Gasteiger charge is -2.12. The van der Waals surface area contributed by atoms with E-state index in [9.17, 15) is 5.26 Å². The molecule has 4 heteroatoms. The van der Waals surface area contributed by atoms with Crippen molar-refractivity contribution in [3.63, 3.8) is 0 Å². The first-order valence-electron chi connectivity index (χ1n) is 11.7. The summed E-state index contributed by atoms with van der Waals surface area (Å²) in [7, 11) is 0. The number of fused-ring (bicyclic) bond motifs is 1. The molecule has 0 radical (unpaired) electrons. The van der Waals surface area contributed by atoms with E-state index in [1.807, 2.05) is 30.5 Å². The van der Waals surface area contributed by atoms with Gasteiger partial charge in [-0.15, -0.1) is 0 Å². The molecule has 33 heavy (non-hydrogen) atoms. The SMILES string of the molecule is Cc1ccc(-c2cc3occ(CNCCCCCCN)c3cc2-c2ccc(C#N)cc2)cc1. The normalized spacial score (nSPS) is 11.1. The fraction of sp³-hybridized carbons (Fsp3) is 0.276. The molecular weight excluding hydrogens is 406 g/mol. The van der Waals surface area contributed by atoms with Crippen LogP contribution in [0.15, 0.2) is 71.3 Å². The van der Waals surface area contributed by atoms with Crippen molar-refractivity contribution >= 4 is 11.0 Å². The van der Waals surface area contributed by atoms with Crippen LogP contribution in [-0.4, -0.2) is 13.1 Å². The number of nitrogens with one attached hydrogen (secondary N) is 1. The van der Waals surface area contributed by atoms with Crippen molar-refractivity contribution in [2.24, 2.45) is 5.73 Å². The predicted molar refractivity (Wildman–Crippen MR) is 136 cm³/mol. The van der Waals surface area contributed by atoms with Crippen molar-refractivity contribution in [3.8, 4) is 28.3 Å². The van der Waals surface area contributed by atoms with Crippen LogP contribution in [0.2, 0.25) is 0 Å². The molecule has 0 aliphatic carbocycles. The molecule has 0 unspecified atom stereocenters. The first-order chi connectivity index (χ1) is 16.2. The molecule has 1 heterocycles. The number of hydrogen-bond acceptors (Lipinski definition) is 4. The maximum absolute atomic E-state index is 9.20. The van der Waals surface area contributed by atoms with Crippen LogP contribution < -0.4 is 11.1 Å². The van der Waals surface area contributed by atoms with Gasteiger partial charge in [-0.2, -0.15) is 5.26 Å². The van der Waals surface area contributed by atoms with Crippen LogP contribution in [0.4, 0.5) is 0 Å². The van der Waals surface area contributed by atoms with Crippen molar-refractivity contribution in [1.82, 2.24) is 5.32 Å². The zero-order chi connectivity index (χ0) is 23.0. The largest absolute Gasteiger partial charge is 0.464 e. The van der Waals surface area contributed by atoms with Gasteiger partial charge in [0.25, 0.3) is 0 Å². The van der Waals surface area contributed by atoms with Crippen LogP contribution >= 0.6 is 0 Å². The molecule has 168 valence electrons. The number of furan rings is 1. The lowest BCUT2D eigenvalue weighted by Crippen LogP contribution is -2.14. The Morgan fingerprint density at radius 2 is 1.55 bits per heavy atom. The summed E-state index contributed by atoms with van der Waals surface area (Å²) in [4.78, 5) is 0. The smallest absolute Gasteiger partial charge is 0.134 e. The maximum atomic E-state index is 9.20. The summed E-state index contributed by atoms with van der Waals surface area (Å²) in [6, 6.07) is 23.0. The molecule has 0 amide bonds. The maximum Gasteiger partial charge on any atom is 0.134 e. The molecule has 3 N–H and O–H groups in total. The third-order valence-corrected chi connectivity index (χ3v) is 6.10. The molecule has 3 aromatic carbocycles. The average Bonchev–Trinajstić information content (AvgIpc) is 3.25. The number of rotatable bonds is 10. The van der Waals surface area contributed by atoms with Gasteiger partial charge in [0.2, 0.25) is 0 Å². The Balaban J connectivity index is 1.64. The number of nitrogens with zero attached hydrogens (tertiary/aromatic N) is 1. The molecule has 4 aromatic rings. The van der Waals surface area contributed by atoms with E-state index in [1.165, 1.54) is 18.4 Å². The van der Waals surface area contributed by atoms with Crippen molar-refractivity contribution in [2.45, 2.75) is 39.2 Å². The summed E-state index contributed by atoms with van der Waals surface area (Å²) in [5, 5.41) is 13.9. The minimum absolute atomic E-state index is 0.663. The second kappa shape index (κ2) is 11.0. The van der Waals surface area contributed by atoms with Crippen LogP contribution in [0.3, 0.4) is 0 Å². The Bertz CT molecular complexity index is 1230. The molecule has 4 rings (SSSR count). The molecule has 0 fully saturated rings. The summed E-state index contributed by atoms with van der Waals surface area (Å²) in [6.45, 7) is 4.64. The highest BCUT2D eigenvalue weighted by atomic mass is 16.3. The Hall–Kier alpha value is -3.39. The van der Waals surface area contributed by atoms with Gasteiger partial charge < -0.3 is 15.5 Å². The molecule has 0 spiro atoms. The molecule has 0 saturated carbocycles. The quantitative estimate of drug-likeness (QED) is 0.276. The number of aryl methyl sites for hydroxylation is 1. The van der Waals surface area contributed by atoms with E-state index < -0.39 is 0 Å². The number of nitriles is 1. The first kappa shape index (κ1) is 22.8. The molecule has 1 aromatic heterocycles. The summed E-state index contributed by atoms with van der Waals surface area (Å²) in [5.74, 6) is 0. The van der Waals surface area contributed by atoms with Gasteiger partial charge in [-0.05, 0) is 79.4 Å². The van der Waals surface area contributed by atoms with Gasteiger partial charge in [0.1, 0.15) is 5.58 Å². The topological polar surface area (TPSA) is 75.0 Å². The zero-order valence-corrected chi connectivity index (χ0v) is 19.2. The van der Waals surface area contributed by atoms with Gasteiger partial charge in [-0.25, -0.2) is 0 Å². The lowest BCUT2D eigenvalue weighted by atomic mass is 9.92. The highest BCUT2D eigenvalue weighted by Crippen LogP contribution is 2.37. The fourth-order valence-electron chi connectivity index (χ4n) is 4.17. The summed E-state index contributed by atoms with van der Waals surface area (Å²) in [5.41, 5.74) is 14.0. The zero-order valence-electron chi connectivity index (χ0n) is 19.2. The molecule has 0 saturated heterocycles. The third-order valence-electron chi connectivity index (χ3n) is 6.10. The molecular formula is C29H31N3O. The van der Waals surface area contributed by atoms with Gasteiger partial charge >= 0.3 is 0 Å². The van der Waals surface area contributed by atoms with E-state index in [4.69, 9.17) is 10.2 Å². The lowest BCUT2D eigenvalue weighted by molar-refractivity contribution is 0.579. The Kier molecular flexibility index (Phi) is 7.57. The van der Waals surface area contributed by atoms with Gasteiger partial charge in [-0.1, -0.05) is 54.8 Å². The van der Waals surface area contributed by atoms with Crippen molar-refractivity contribution in [2.75, 3.05) is 13.1 Å². The minimum Gasteiger partial charge on any atom is -0.464 e. The molecule has 0 atom stereocenters. The third kappa shape index (κ3) is 5.51. The van der Waals surface area contributed by atoms with Crippen LogP contribution in [0.5, 0.6) is 0 Å². The highest BCUT2D eigenvalue weighted by molar-refractivity contribution is 5.95. The van der Waals surface area contributed by atoms with Crippen molar-refractivity contribution in [3.05, 3.63) is 83.6 Å². The van der Waals surface area contributed by atoms with Gasteiger partial charge in [0, 0.05) is 17.5 Å². The van der Waals surface area contributed by atoms with Crippen molar-refractivity contribution < 1.29 is 4.42 Å². The average molecular weight is 438 g/mol. The van der Waals surface area contributed by atoms with Crippen LogP contribution in [-0.2, 0) is 6.54 Å². The van der Waals surface area contributed by atoms with E-state index >= 15 is 0 Å². The summed E-state index contributed by atoms with van der Waals surface area (Å²) >= 11 is 0. The summed E-state index contributed by atoms with van der Waals surface area (Å²) < 4.78 is 5.98. The number of nitrogens with two attached hydrogens (primary N) is 1. The predicted octanol–water partition coefficient (Wildman–Crippen LogP) is 6.56. The van der Waals surface area contributed by atoms with Crippen molar-refractivity contribution in [1.29, 1.82) is 5.26 Å². The molecule has 0 bridgehead atoms. The monoisotopic (exact) mass is 437 g/mol. The molecule has 0 aliphatic heterocycles. The van der Waals surface area contributed by atoms with E-state index in [0.29, 0.717) is 5.56 Å². The summed E-state index contributed by atoms with van der Waals surface area (Å²) in [6.07, 6.45) is 6.53. The van der Waals surface area contributed by atoms with E-state index in [0.717, 1.165) is 71.3 Å². The number of unbranched alkanes of at least 4 members (excludes halogenated alkanes) is 3. The van der Waals surface area contributed by atoms with Gasteiger partial charge in [0.05, 0.1) is 17.9 Å². The Labute approximate surface area is 196 Å². The van der Waals surface area contributed by atoms with Crippen LogP contribution in [0.25, 0.3) is 33.2 Å². The Morgan fingerprint density at radius 3 is 2.24 bits per heavy atom. The second-order valence-electron chi connectivity index (χ2n) is 8.59. The van der Waals surface area contributed by atoms with Gasteiger partial charge in [-0.3, -0.25) is 0 Å². The number of benzene rings is 3. The van der Waals surface area contributed by atoms with E-state index in [1.54, 1.807) is 0 Å². The Morgan fingerprint density at radius 1 is 0.879 bits per heavy atom. The fourth-order valence-corrected chi connectivity index (χ4v) is 4.17. The first-order valence-corrected chi connectivity index (χ1v) is 11.7. The minimum atomic E-state index is 0.663. The van der Waals surface area contributed by atoms with Crippen LogP contribution in [0.1, 0.15) is 42.4 Å². The second-order valence-corrected chi connectivity index (χ2v) is 8.59. The van der Waals surface area contributed by atoms with Crippen LogP contribution in [0, 0.1) is 18.3 Å². The molecule has 4 nitrogen and oxygen atoms in total. The van der Waals surface area contributed by atoms with E-state index in [-0.39, 0.29) is 0 Å². The molecule has 0 aliphatic rings. The van der Waals surface area contributed by atoms with E-state index in [2.05, 4.69) is 54.7 Å². The highest BCUT2D eigenvalue weighted by Gasteiger charge is 2.14.